The van der Waals surface area contributed by atoms with Crippen molar-refractivity contribution in [1.82, 2.24) is 0 Å². The summed E-state index contributed by atoms with van der Waals surface area (Å²) in [4.78, 5) is 0. The van der Waals surface area contributed by atoms with Crippen LogP contribution in [-0.2, 0) is 0 Å². The molecule has 0 N–H and O–H groups in total. The first-order valence-corrected chi connectivity index (χ1v) is 3.45. The lowest BCUT2D eigenvalue weighted by Gasteiger charge is -1.92. The molecule has 9 heavy (non-hydrogen) atoms. The highest BCUT2D eigenvalue weighted by atomic mass is 14.2. The molecule has 0 spiro atoms. The molecule has 1 aliphatic carbocycles. The van der Waals surface area contributed by atoms with Crippen LogP contribution in [0.4, 0.5) is 0 Å². The summed E-state index contributed by atoms with van der Waals surface area (Å²) in [5.74, 6) is 2.65. The fraction of sp³-hybridized carbons (Fsp3) is 0.556. The Bertz CT molecular complexity index is 161. The maximum atomic E-state index is 5.12. The lowest BCUT2D eigenvalue weighted by molar-refractivity contribution is 0.995. The molecule has 0 bridgehead atoms. The van der Waals surface area contributed by atoms with Crippen molar-refractivity contribution in [2.45, 2.75) is 32.6 Å². The lowest BCUT2D eigenvalue weighted by Crippen LogP contribution is -1.73. The van der Waals surface area contributed by atoms with Gasteiger partial charge in [0.2, 0.25) is 0 Å². The molecule has 1 aliphatic rings. The Kier molecular flexibility index (Phi) is 1.95. The third-order valence-corrected chi connectivity index (χ3v) is 1.75. The molecule has 0 heteroatoms. The smallest absolute Gasteiger partial charge is 0.0123 e. The second-order valence-corrected chi connectivity index (χ2v) is 2.59. The zero-order valence-electron chi connectivity index (χ0n) is 5.91. The van der Waals surface area contributed by atoms with Gasteiger partial charge in [0.1, 0.15) is 0 Å². The minimum Gasteiger partial charge on any atom is -0.120 e. The quantitative estimate of drug-likeness (QED) is 0.388. The maximum absolute atomic E-state index is 5.12. The van der Waals surface area contributed by atoms with Crippen LogP contribution in [0.15, 0.2) is 11.1 Å². The van der Waals surface area contributed by atoms with E-state index in [4.69, 9.17) is 6.42 Å². The van der Waals surface area contributed by atoms with Crippen LogP contribution in [0.5, 0.6) is 0 Å². The summed E-state index contributed by atoms with van der Waals surface area (Å²) in [6.07, 6.45) is 9.81. The number of rotatable bonds is 2. The summed E-state index contributed by atoms with van der Waals surface area (Å²) in [6, 6.07) is 0. The predicted octanol–water partition coefficient (Wildman–Crippen LogP) is 2.51. The molecule has 1 fully saturated rings. The zero-order valence-corrected chi connectivity index (χ0v) is 5.91. The van der Waals surface area contributed by atoms with Gasteiger partial charge in [-0.3, -0.25) is 0 Å². The molecular weight excluding hydrogens is 108 g/mol. The van der Waals surface area contributed by atoms with Crippen LogP contribution in [0.2, 0.25) is 0 Å². The summed E-state index contributed by atoms with van der Waals surface area (Å²) in [5, 5.41) is 0. The first kappa shape index (κ1) is 6.42. The minimum atomic E-state index is 0.912. The fourth-order valence-electron chi connectivity index (χ4n) is 0.926. The van der Waals surface area contributed by atoms with Gasteiger partial charge in [-0.05, 0) is 26.2 Å². The minimum absolute atomic E-state index is 0.912. The summed E-state index contributed by atoms with van der Waals surface area (Å²) < 4.78 is 0. The van der Waals surface area contributed by atoms with Gasteiger partial charge in [0, 0.05) is 6.42 Å². The third kappa shape index (κ3) is 1.93. The van der Waals surface area contributed by atoms with Gasteiger partial charge in [-0.15, -0.1) is 12.3 Å². The molecule has 0 atom stereocenters. The SMILES string of the molecule is C#CCCC(C)=C1CC1. The zero-order chi connectivity index (χ0) is 6.69. The van der Waals surface area contributed by atoms with E-state index < -0.39 is 0 Å². The number of hydrogen-bond acceptors (Lipinski definition) is 0. The molecule has 1 saturated carbocycles. The first-order chi connectivity index (χ1) is 4.34. The standard InChI is InChI=1S/C9H12/c1-3-4-5-8(2)9-6-7-9/h1H,4-7H2,2H3. The molecular formula is C9H12. The van der Waals surface area contributed by atoms with Gasteiger partial charge < -0.3 is 0 Å². The summed E-state index contributed by atoms with van der Waals surface area (Å²) in [5.41, 5.74) is 3.18. The van der Waals surface area contributed by atoms with Crippen LogP contribution >= 0.6 is 0 Å². The van der Waals surface area contributed by atoms with E-state index in [2.05, 4.69) is 12.8 Å². The van der Waals surface area contributed by atoms with Crippen LogP contribution in [0, 0.1) is 12.3 Å². The van der Waals surface area contributed by atoms with Crippen molar-refractivity contribution >= 4 is 0 Å². The molecule has 1 rings (SSSR count). The normalized spacial score (nSPS) is 14.9. The molecule has 48 valence electrons. The van der Waals surface area contributed by atoms with Gasteiger partial charge in [-0.1, -0.05) is 11.1 Å². The van der Waals surface area contributed by atoms with E-state index in [1.54, 1.807) is 5.57 Å². The van der Waals surface area contributed by atoms with Crippen molar-refractivity contribution in [1.29, 1.82) is 0 Å². The molecule has 0 aliphatic heterocycles. The Morgan fingerprint density at radius 3 is 2.78 bits per heavy atom. The molecule has 0 heterocycles. The van der Waals surface area contributed by atoms with Crippen molar-refractivity contribution in [3.8, 4) is 12.3 Å². The second kappa shape index (κ2) is 2.73. The van der Waals surface area contributed by atoms with E-state index in [0.29, 0.717) is 0 Å². The molecule has 0 radical (unpaired) electrons. The fourth-order valence-corrected chi connectivity index (χ4v) is 0.926. The van der Waals surface area contributed by atoms with E-state index in [0.717, 1.165) is 12.8 Å². The summed E-state index contributed by atoms with van der Waals surface area (Å²) in [6.45, 7) is 2.19. The molecule has 0 saturated heterocycles. The van der Waals surface area contributed by atoms with E-state index >= 15 is 0 Å². The van der Waals surface area contributed by atoms with Crippen LogP contribution < -0.4 is 0 Å². The average molecular weight is 120 g/mol. The number of terminal acetylenes is 1. The van der Waals surface area contributed by atoms with Crippen LogP contribution in [0.3, 0.4) is 0 Å². The monoisotopic (exact) mass is 120 g/mol. The largest absolute Gasteiger partial charge is 0.120 e. The molecule has 0 unspecified atom stereocenters. The number of hydrogen-bond donors (Lipinski definition) is 0. The van der Waals surface area contributed by atoms with Crippen molar-refractivity contribution in [3.63, 3.8) is 0 Å². The molecule has 0 amide bonds. The Balaban J connectivity index is 2.28. The van der Waals surface area contributed by atoms with Gasteiger partial charge in [-0.2, -0.15) is 0 Å². The van der Waals surface area contributed by atoms with Gasteiger partial charge in [0.05, 0.1) is 0 Å². The van der Waals surface area contributed by atoms with Gasteiger partial charge in [0.25, 0.3) is 0 Å². The van der Waals surface area contributed by atoms with E-state index in [1.165, 1.54) is 18.4 Å². The highest BCUT2D eigenvalue weighted by Gasteiger charge is 2.13. The Hall–Kier alpha value is -0.700. The molecule has 0 aromatic rings. The van der Waals surface area contributed by atoms with Crippen LogP contribution in [0.25, 0.3) is 0 Å². The lowest BCUT2D eigenvalue weighted by atomic mass is 10.1. The molecule has 0 nitrogen and oxygen atoms in total. The van der Waals surface area contributed by atoms with E-state index in [1.807, 2.05) is 0 Å². The van der Waals surface area contributed by atoms with E-state index in [9.17, 15) is 0 Å². The van der Waals surface area contributed by atoms with Crippen LogP contribution in [-0.4, -0.2) is 0 Å². The topological polar surface area (TPSA) is 0 Å². The molecule has 0 aromatic heterocycles. The summed E-state index contributed by atoms with van der Waals surface area (Å²) >= 11 is 0. The van der Waals surface area contributed by atoms with Crippen molar-refractivity contribution in [2.75, 3.05) is 0 Å². The highest BCUT2D eigenvalue weighted by molar-refractivity contribution is 5.23. The van der Waals surface area contributed by atoms with Crippen LogP contribution in [0.1, 0.15) is 32.6 Å². The predicted molar refractivity (Wildman–Crippen MR) is 40.0 cm³/mol. The van der Waals surface area contributed by atoms with Crippen molar-refractivity contribution < 1.29 is 0 Å². The third-order valence-electron chi connectivity index (χ3n) is 1.75. The van der Waals surface area contributed by atoms with Gasteiger partial charge in [-0.25, -0.2) is 0 Å². The maximum Gasteiger partial charge on any atom is 0.0123 e. The second-order valence-electron chi connectivity index (χ2n) is 2.59. The van der Waals surface area contributed by atoms with Gasteiger partial charge >= 0.3 is 0 Å². The van der Waals surface area contributed by atoms with Crippen molar-refractivity contribution in [3.05, 3.63) is 11.1 Å². The van der Waals surface area contributed by atoms with Gasteiger partial charge in [0.15, 0.2) is 0 Å². The molecule has 0 aromatic carbocycles. The Morgan fingerprint density at radius 1 is 1.67 bits per heavy atom. The summed E-state index contributed by atoms with van der Waals surface area (Å²) in [7, 11) is 0. The highest BCUT2D eigenvalue weighted by Crippen LogP contribution is 2.32. The van der Waals surface area contributed by atoms with Crippen molar-refractivity contribution in [2.24, 2.45) is 0 Å². The first-order valence-electron chi connectivity index (χ1n) is 3.45. The van der Waals surface area contributed by atoms with E-state index in [-0.39, 0.29) is 0 Å². The average Bonchev–Trinajstić information content (AvgIpc) is 2.63. The Morgan fingerprint density at radius 2 is 2.33 bits per heavy atom. The number of allylic oxidation sites excluding steroid dienone is 2. The Labute approximate surface area is 57.0 Å².